The molecule has 0 N–H and O–H groups in total. The molecule has 36 heavy (non-hydrogen) atoms. The van der Waals surface area contributed by atoms with Gasteiger partial charge in [-0.1, -0.05) is 37.3 Å². The zero-order valence-electron chi connectivity index (χ0n) is 20.7. The number of hydrogen-bond donors (Lipinski definition) is 0. The van der Waals surface area contributed by atoms with Crippen LogP contribution in [0, 0.1) is 0 Å². The van der Waals surface area contributed by atoms with Gasteiger partial charge >= 0.3 is 11.9 Å². The van der Waals surface area contributed by atoms with E-state index in [2.05, 4.69) is 22.9 Å². The highest BCUT2D eigenvalue weighted by molar-refractivity contribution is 5.97. The van der Waals surface area contributed by atoms with Gasteiger partial charge in [0.1, 0.15) is 11.4 Å². The van der Waals surface area contributed by atoms with Crippen molar-refractivity contribution < 1.29 is 19.1 Å². The molecule has 0 aliphatic carbocycles. The minimum atomic E-state index is -0.393. The van der Waals surface area contributed by atoms with Crippen molar-refractivity contribution in [3.8, 4) is 11.3 Å². The summed E-state index contributed by atoms with van der Waals surface area (Å²) < 4.78 is 10.2. The van der Waals surface area contributed by atoms with E-state index in [1.807, 2.05) is 36.4 Å². The molecule has 2 aromatic carbocycles. The van der Waals surface area contributed by atoms with Crippen LogP contribution in [-0.4, -0.2) is 42.2 Å². The fraction of sp³-hybridized carbons (Fsp3) is 0.241. The Bertz CT molecular complexity index is 1390. The quantitative estimate of drug-likeness (QED) is 0.283. The van der Waals surface area contributed by atoms with Crippen LogP contribution in [0.1, 0.15) is 46.5 Å². The molecule has 4 aromatic rings. The molecule has 7 nitrogen and oxygen atoms in total. The largest absolute Gasteiger partial charge is 0.465 e. The summed E-state index contributed by atoms with van der Waals surface area (Å²) in [5.41, 5.74) is 4.27. The maximum Gasteiger partial charge on any atom is 0.341 e. The predicted molar refractivity (Wildman–Crippen MR) is 140 cm³/mol. The molecule has 0 aliphatic rings. The highest BCUT2D eigenvalue weighted by Crippen LogP contribution is 2.27. The molecular weight excluding hydrogens is 454 g/mol. The topological polar surface area (TPSA) is 81.6 Å². The van der Waals surface area contributed by atoms with E-state index in [0.717, 1.165) is 35.0 Å². The fourth-order valence-corrected chi connectivity index (χ4v) is 4.19. The summed E-state index contributed by atoms with van der Waals surface area (Å²) in [6.07, 6.45) is 2.59. The van der Waals surface area contributed by atoms with Gasteiger partial charge in [-0.05, 0) is 55.3 Å². The van der Waals surface area contributed by atoms with Crippen molar-refractivity contribution in [2.45, 2.75) is 26.8 Å². The van der Waals surface area contributed by atoms with E-state index < -0.39 is 5.97 Å². The van der Waals surface area contributed by atoms with Gasteiger partial charge in [0.05, 0.1) is 30.5 Å². The maximum absolute atomic E-state index is 12.5. The maximum atomic E-state index is 12.5. The van der Waals surface area contributed by atoms with Gasteiger partial charge in [-0.15, -0.1) is 0 Å². The minimum absolute atomic E-state index is 0.310. The molecule has 0 aliphatic heterocycles. The molecule has 0 amide bonds. The third-order valence-corrected chi connectivity index (χ3v) is 5.81. The van der Waals surface area contributed by atoms with Gasteiger partial charge in [-0.2, -0.15) is 0 Å². The Kier molecular flexibility index (Phi) is 7.90. The first-order valence-corrected chi connectivity index (χ1v) is 12.0. The van der Waals surface area contributed by atoms with Crippen molar-refractivity contribution in [1.29, 1.82) is 0 Å². The zero-order chi connectivity index (χ0) is 25.5. The molecule has 0 saturated carbocycles. The molecule has 7 heteroatoms. The lowest BCUT2D eigenvalue weighted by Crippen LogP contribution is -2.27. The third kappa shape index (κ3) is 5.35. The number of nitrogens with zero attached hydrogens (tertiary/aromatic N) is 3. The standard InChI is InChI=1S/C29H29N3O4/c1-4-17-32(27-24(11-8-16-30-27)29(34)36-5-2)19-20-12-14-25-21(18-20)13-15-26(31-25)22-9-6-7-10-23(22)28(33)35-3/h6-16,18H,4-5,17,19H2,1-3H3. The normalized spacial score (nSPS) is 10.8. The van der Waals surface area contributed by atoms with Gasteiger partial charge in [0, 0.05) is 30.2 Å². The fourth-order valence-electron chi connectivity index (χ4n) is 4.19. The number of hydrogen-bond acceptors (Lipinski definition) is 7. The second-order valence-electron chi connectivity index (χ2n) is 8.28. The Morgan fingerprint density at radius 1 is 0.917 bits per heavy atom. The molecule has 0 atom stereocenters. The first kappa shape index (κ1) is 24.9. The molecule has 0 unspecified atom stereocenters. The van der Waals surface area contributed by atoms with Crippen molar-refractivity contribution in [3.63, 3.8) is 0 Å². The molecule has 0 bridgehead atoms. The van der Waals surface area contributed by atoms with Crippen LogP contribution in [-0.2, 0) is 16.0 Å². The second-order valence-corrected chi connectivity index (χ2v) is 8.28. The third-order valence-electron chi connectivity index (χ3n) is 5.81. The SMILES string of the molecule is CCCN(Cc1ccc2nc(-c3ccccc3C(=O)OC)ccc2c1)c1ncccc1C(=O)OCC. The van der Waals surface area contributed by atoms with Crippen molar-refractivity contribution >= 4 is 28.7 Å². The summed E-state index contributed by atoms with van der Waals surface area (Å²) in [7, 11) is 1.37. The average Bonchev–Trinajstić information content (AvgIpc) is 2.92. The summed E-state index contributed by atoms with van der Waals surface area (Å²) in [6.45, 7) is 5.52. The summed E-state index contributed by atoms with van der Waals surface area (Å²) in [5, 5.41) is 0.981. The van der Waals surface area contributed by atoms with Gasteiger partial charge in [0.15, 0.2) is 0 Å². The lowest BCUT2D eigenvalue weighted by atomic mass is 10.0. The highest BCUT2D eigenvalue weighted by atomic mass is 16.5. The van der Waals surface area contributed by atoms with Crippen LogP contribution >= 0.6 is 0 Å². The number of ether oxygens (including phenoxy) is 2. The number of pyridine rings is 2. The summed E-state index contributed by atoms with van der Waals surface area (Å²) in [6, 6.07) is 20.8. The van der Waals surface area contributed by atoms with Crippen LogP contribution in [0.2, 0.25) is 0 Å². The molecular formula is C29H29N3O4. The number of aromatic nitrogens is 2. The lowest BCUT2D eigenvalue weighted by molar-refractivity contribution is 0.0525. The smallest absolute Gasteiger partial charge is 0.341 e. The molecule has 0 radical (unpaired) electrons. The molecule has 4 rings (SSSR count). The molecule has 2 aromatic heterocycles. The number of methoxy groups -OCH3 is 1. The van der Waals surface area contributed by atoms with Gasteiger partial charge in [0.25, 0.3) is 0 Å². The predicted octanol–water partition coefficient (Wildman–Crippen LogP) is 5.68. The van der Waals surface area contributed by atoms with Crippen LogP contribution in [0.4, 0.5) is 5.82 Å². The van der Waals surface area contributed by atoms with Gasteiger partial charge in [-0.3, -0.25) is 0 Å². The molecule has 0 saturated heterocycles. The van der Waals surface area contributed by atoms with Crippen LogP contribution < -0.4 is 4.90 Å². The summed E-state index contributed by atoms with van der Waals surface area (Å²) in [5.74, 6) is -0.148. The number of esters is 2. The average molecular weight is 484 g/mol. The second kappa shape index (κ2) is 11.4. The summed E-state index contributed by atoms with van der Waals surface area (Å²) >= 11 is 0. The van der Waals surface area contributed by atoms with Crippen molar-refractivity contribution in [3.05, 3.63) is 89.6 Å². The Balaban J connectivity index is 1.65. The van der Waals surface area contributed by atoms with E-state index in [1.54, 1.807) is 37.4 Å². The van der Waals surface area contributed by atoms with E-state index >= 15 is 0 Å². The number of fused-ring (bicyclic) bond motifs is 1. The van der Waals surface area contributed by atoms with E-state index in [9.17, 15) is 9.59 Å². The number of carbonyl (C=O) groups is 2. The van der Waals surface area contributed by atoms with Crippen LogP contribution in [0.5, 0.6) is 0 Å². The van der Waals surface area contributed by atoms with E-state index in [-0.39, 0.29) is 5.97 Å². The van der Waals surface area contributed by atoms with E-state index in [0.29, 0.717) is 35.8 Å². The lowest BCUT2D eigenvalue weighted by Gasteiger charge is -2.25. The molecule has 184 valence electrons. The molecule has 0 spiro atoms. The Morgan fingerprint density at radius 3 is 2.50 bits per heavy atom. The van der Waals surface area contributed by atoms with E-state index in [1.165, 1.54) is 7.11 Å². The Hall–Kier alpha value is -4.26. The number of benzene rings is 2. The molecule has 0 fully saturated rings. The first-order valence-electron chi connectivity index (χ1n) is 12.0. The van der Waals surface area contributed by atoms with Gasteiger partial charge in [0.2, 0.25) is 0 Å². The van der Waals surface area contributed by atoms with Crippen LogP contribution in [0.25, 0.3) is 22.2 Å². The summed E-state index contributed by atoms with van der Waals surface area (Å²) in [4.78, 5) is 36.1. The zero-order valence-corrected chi connectivity index (χ0v) is 20.7. The van der Waals surface area contributed by atoms with Crippen molar-refractivity contribution in [2.24, 2.45) is 0 Å². The number of carbonyl (C=O) groups excluding carboxylic acids is 2. The van der Waals surface area contributed by atoms with Crippen LogP contribution in [0.3, 0.4) is 0 Å². The van der Waals surface area contributed by atoms with Gasteiger partial charge < -0.3 is 14.4 Å². The number of anilines is 1. The van der Waals surface area contributed by atoms with Crippen LogP contribution in [0.15, 0.2) is 72.9 Å². The van der Waals surface area contributed by atoms with Crippen molar-refractivity contribution in [2.75, 3.05) is 25.2 Å². The minimum Gasteiger partial charge on any atom is -0.465 e. The Labute approximate surface area is 210 Å². The van der Waals surface area contributed by atoms with Crippen molar-refractivity contribution in [1.82, 2.24) is 9.97 Å². The monoisotopic (exact) mass is 483 g/mol. The first-order chi connectivity index (χ1) is 17.5. The van der Waals surface area contributed by atoms with Gasteiger partial charge in [-0.25, -0.2) is 19.6 Å². The van der Waals surface area contributed by atoms with E-state index in [4.69, 9.17) is 14.5 Å². The highest BCUT2D eigenvalue weighted by Gasteiger charge is 2.19. The number of rotatable bonds is 9. The Morgan fingerprint density at radius 2 is 1.72 bits per heavy atom. The molecule has 2 heterocycles.